The first-order chi connectivity index (χ1) is 7.33. The SMILES string of the molecule is NCCc1nnc(N2CCC(CO)C2)o1. The Labute approximate surface area is 88.1 Å². The van der Waals surface area contributed by atoms with E-state index in [4.69, 9.17) is 15.3 Å². The average molecular weight is 212 g/mol. The second-order valence-corrected chi connectivity index (χ2v) is 3.80. The molecule has 0 bridgehead atoms. The van der Waals surface area contributed by atoms with E-state index < -0.39 is 0 Å². The number of hydrogen-bond donors (Lipinski definition) is 2. The first kappa shape index (κ1) is 10.4. The summed E-state index contributed by atoms with van der Waals surface area (Å²) in [4.78, 5) is 2.01. The number of hydrogen-bond acceptors (Lipinski definition) is 6. The number of rotatable bonds is 4. The largest absolute Gasteiger partial charge is 0.408 e. The Hall–Kier alpha value is -1.14. The standard InChI is InChI=1S/C9H16N4O2/c10-3-1-8-11-12-9(15-8)13-4-2-7(5-13)6-14/h7,14H,1-6,10H2. The van der Waals surface area contributed by atoms with Gasteiger partial charge in [-0.25, -0.2) is 0 Å². The smallest absolute Gasteiger partial charge is 0.318 e. The summed E-state index contributed by atoms with van der Waals surface area (Å²) in [7, 11) is 0. The minimum Gasteiger partial charge on any atom is -0.408 e. The number of anilines is 1. The average Bonchev–Trinajstić information content (AvgIpc) is 2.85. The Bertz CT molecular complexity index is 315. The molecular formula is C9H16N4O2. The van der Waals surface area contributed by atoms with Crippen LogP contribution in [-0.4, -0.2) is 41.5 Å². The molecule has 84 valence electrons. The Balaban J connectivity index is 1.97. The highest BCUT2D eigenvalue weighted by Crippen LogP contribution is 2.22. The highest BCUT2D eigenvalue weighted by atomic mass is 16.4. The summed E-state index contributed by atoms with van der Waals surface area (Å²) in [6.07, 6.45) is 1.59. The van der Waals surface area contributed by atoms with E-state index in [0.29, 0.717) is 30.8 Å². The molecule has 1 aromatic heterocycles. The Morgan fingerprint density at radius 1 is 1.53 bits per heavy atom. The van der Waals surface area contributed by atoms with Crippen molar-refractivity contribution in [3.8, 4) is 0 Å². The first-order valence-corrected chi connectivity index (χ1v) is 5.21. The van der Waals surface area contributed by atoms with Crippen molar-refractivity contribution in [2.45, 2.75) is 12.8 Å². The van der Waals surface area contributed by atoms with Crippen molar-refractivity contribution >= 4 is 6.01 Å². The van der Waals surface area contributed by atoms with Crippen molar-refractivity contribution in [2.75, 3.05) is 31.1 Å². The number of aliphatic hydroxyl groups excluding tert-OH is 1. The third kappa shape index (κ3) is 2.27. The van der Waals surface area contributed by atoms with Gasteiger partial charge in [-0.15, -0.1) is 5.10 Å². The number of nitrogens with zero attached hydrogens (tertiary/aromatic N) is 3. The van der Waals surface area contributed by atoms with Gasteiger partial charge in [-0.2, -0.15) is 0 Å². The number of aromatic nitrogens is 2. The monoisotopic (exact) mass is 212 g/mol. The zero-order valence-corrected chi connectivity index (χ0v) is 8.59. The van der Waals surface area contributed by atoms with Gasteiger partial charge in [0.1, 0.15) is 0 Å². The molecule has 0 spiro atoms. The normalized spacial score (nSPS) is 21.2. The predicted octanol–water partition coefficient (Wildman–Crippen LogP) is -0.611. The van der Waals surface area contributed by atoms with E-state index in [1.807, 2.05) is 4.90 Å². The predicted molar refractivity (Wildman–Crippen MR) is 54.5 cm³/mol. The molecule has 1 atom stereocenters. The summed E-state index contributed by atoms with van der Waals surface area (Å²) in [5.74, 6) is 0.912. The van der Waals surface area contributed by atoms with Crippen molar-refractivity contribution in [1.82, 2.24) is 10.2 Å². The summed E-state index contributed by atoms with van der Waals surface area (Å²) in [6, 6.07) is 0.550. The highest BCUT2D eigenvalue weighted by Gasteiger charge is 2.25. The van der Waals surface area contributed by atoms with E-state index >= 15 is 0 Å². The lowest BCUT2D eigenvalue weighted by atomic mass is 10.1. The summed E-state index contributed by atoms with van der Waals surface area (Å²) in [5, 5.41) is 16.9. The van der Waals surface area contributed by atoms with E-state index in [1.54, 1.807) is 0 Å². The Morgan fingerprint density at radius 3 is 3.07 bits per heavy atom. The van der Waals surface area contributed by atoms with E-state index in [1.165, 1.54) is 0 Å². The molecule has 0 amide bonds. The van der Waals surface area contributed by atoms with Crippen molar-refractivity contribution in [3.05, 3.63) is 5.89 Å². The van der Waals surface area contributed by atoms with Gasteiger partial charge in [0.15, 0.2) is 0 Å². The molecule has 1 unspecified atom stereocenters. The van der Waals surface area contributed by atoms with E-state index in [0.717, 1.165) is 19.5 Å². The lowest BCUT2D eigenvalue weighted by Gasteiger charge is -2.11. The minimum atomic E-state index is 0.223. The Kier molecular flexibility index (Phi) is 3.17. The van der Waals surface area contributed by atoms with Gasteiger partial charge in [0.25, 0.3) is 0 Å². The van der Waals surface area contributed by atoms with Gasteiger partial charge in [-0.1, -0.05) is 5.10 Å². The van der Waals surface area contributed by atoms with Gasteiger partial charge in [-0.3, -0.25) is 0 Å². The van der Waals surface area contributed by atoms with Crippen LogP contribution in [-0.2, 0) is 6.42 Å². The third-order valence-corrected chi connectivity index (χ3v) is 2.63. The molecule has 1 aromatic rings. The Morgan fingerprint density at radius 2 is 2.40 bits per heavy atom. The summed E-state index contributed by atoms with van der Waals surface area (Å²) < 4.78 is 5.44. The number of aliphatic hydroxyl groups is 1. The fourth-order valence-corrected chi connectivity index (χ4v) is 1.75. The first-order valence-electron chi connectivity index (χ1n) is 5.21. The highest BCUT2D eigenvalue weighted by molar-refractivity contribution is 5.26. The van der Waals surface area contributed by atoms with Crippen LogP contribution in [0, 0.1) is 5.92 Å². The molecule has 2 heterocycles. The van der Waals surface area contributed by atoms with Gasteiger partial charge in [-0.05, 0) is 6.42 Å². The maximum absolute atomic E-state index is 9.01. The van der Waals surface area contributed by atoms with Crippen LogP contribution < -0.4 is 10.6 Å². The van der Waals surface area contributed by atoms with Crippen LogP contribution in [0.3, 0.4) is 0 Å². The maximum atomic E-state index is 9.01. The topological polar surface area (TPSA) is 88.4 Å². The van der Waals surface area contributed by atoms with Crippen molar-refractivity contribution in [1.29, 1.82) is 0 Å². The lowest BCUT2D eigenvalue weighted by Crippen LogP contribution is -2.20. The van der Waals surface area contributed by atoms with E-state index in [-0.39, 0.29) is 6.61 Å². The van der Waals surface area contributed by atoms with Crippen molar-refractivity contribution in [2.24, 2.45) is 11.7 Å². The number of nitrogens with two attached hydrogens (primary N) is 1. The van der Waals surface area contributed by atoms with E-state index in [2.05, 4.69) is 10.2 Å². The fraction of sp³-hybridized carbons (Fsp3) is 0.778. The van der Waals surface area contributed by atoms with Gasteiger partial charge < -0.3 is 20.2 Å². The molecule has 3 N–H and O–H groups in total. The quantitative estimate of drug-likeness (QED) is 0.692. The maximum Gasteiger partial charge on any atom is 0.318 e. The summed E-state index contributed by atoms with van der Waals surface area (Å²) in [5.41, 5.74) is 5.39. The molecule has 6 heteroatoms. The van der Waals surface area contributed by atoms with Crippen LogP contribution >= 0.6 is 0 Å². The van der Waals surface area contributed by atoms with Gasteiger partial charge in [0.2, 0.25) is 5.89 Å². The molecule has 0 aromatic carbocycles. The van der Waals surface area contributed by atoms with Crippen molar-refractivity contribution < 1.29 is 9.52 Å². The molecule has 1 aliphatic rings. The molecule has 0 aliphatic carbocycles. The fourth-order valence-electron chi connectivity index (χ4n) is 1.75. The van der Waals surface area contributed by atoms with Crippen LogP contribution in [0.1, 0.15) is 12.3 Å². The second-order valence-electron chi connectivity index (χ2n) is 3.80. The molecule has 1 fully saturated rings. The zero-order chi connectivity index (χ0) is 10.7. The second kappa shape index (κ2) is 4.59. The van der Waals surface area contributed by atoms with Crippen molar-refractivity contribution in [3.63, 3.8) is 0 Å². The van der Waals surface area contributed by atoms with Crippen LogP contribution in [0.4, 0.5) is 6.01 Å². The third-order valence-electron chi connectivity index (χ3n) is 2.63. The van der Waals surface area contributed by atoms with Crippen LogP contribution in [0.2, 0.25) is 0 Å². The zero-order valence-electron chi connectivity index (χ0n) is 8.59. The molecule has 1 saturated heterocycles. The lowest BCUT2D eigenvalue weighted by molar-refractivity contribution is 0.238. The van der Waals surface area contributed by atoms with E-state index in [9.17, 15) is 0 Å². The van der Waals surface area contributed by atoms with Gasteiger partial charge in [0, 0.05) is 38.6 Å². The summed E-state index contributed by atoms with van der Waals surface area (Å²) in [6.45, 7) is 2.40. The molecule has 15 heavy (non-hydrogen) atoms. The van der Waals surface area contributed by atoms with Gasteiger partial charge in [0.05, 0.1) is 0 Å². The van der Waals surface area contributed by atoms with Crippen LogP contribution in [0.15, 0.2) is 4.42 Å². The summed E-state index contributed by atoms with van der Waals surface area (Å²) >= 11 is 0. The molecule has 2 rings (SSSR count). The molecule has 0 saturated carbocycles. The molecular weight excluding hydrogens is 196 g/mol. The van der Waals surface area contributed by atoms with Crippen LogP contribution in [0.25, 0.3) is 0 Å². The molecule has 6 nitrogen and oxygen atoms in total. The van der Waals surface area contributed by atoms with Crippen LogP contribution in [0.5, 0.6) is 0 Å². The minimum absolute atomic E-state index is 0.223. The molecule has 0 radical (unpaired) electrons. The van der Waals surface area contributed by atoms with Gasteiger partial charge >= 0.3 is 6.01 Å². The molecule has 1 aliphatic heterocycles.